The molecule has 0 saturated heterocycles. The predicted molar refractivity (Wildman–Crippen MR) is 74.5 cm³/mol. The quantitative estimate of drug-likeness (QED) is 0.677. The normalized spacial score (nSPS) is 13.7. The minimum absolute atomic E-state index is 0.0647. The van der Waals surface area contributed by atoms with Crippen LogP contribution in [0.25, 0.3) is 0 Å². The highest BCUT2D eigenvalue weighted by Crippen LogP contribution is 2.31. The van der Waals surface area contributed by atoms with Crippen LogP contribution in [0.2, 0.25) is 0 Å². The van der Waals surface area contributed by atoms with Gasteiger partial charge in [0.15, 0.2) is 0 Å². The number of para-hydroxylation sites is 1. The molecule has 2 aromatic rings. The van der Waals surface area contributed by atoms with Crippen molar-refractivity contribution in [3.63, 3.8) is 0 Å². The monoisotopic (exact) mass is 281 g/mol. The number of aryl methyl sites for hydroxylation is 1. The zero-order chi connectivity index (χ0) is 15.0. The van der Waals surface area contributed by atoms with Crippen LogP contribution in [0.5, 0.6) is 11.5 Å². The Labute approximate surface area is 120 Å². The van der Waals surface area contributed by atoms with Crippen LogP contribution in [0.4, 0.5) is 0 Å². The maximum absolute atomic E-state index is 12.0. The first-order chi connectivity index (χ1) is 10.1. The van der Waals surface area contributed by atoms with E-state index in [-0.39, 0.29) is 16.9 Å². The highest BCUT2D eigenvalue weighted by Gasteiger charge is 2.33. The molecule has 5 heteroatoms. The van der Waals surface area contributed by atoms with Crippen molar-refractivity contribution >= 4 is 17.6 Å². The van der Waals surface area contributed by atoms with Crippen LogP contribution < -0.4 is 10.1 Å². The SMILES string of the molecule is Cc1ccccc1Oc1cccc2c1C(=O)NC(=O)C2=O. The third-order valence-electron chi connectivity index (χ3n) is 3.24. The van der Waals surface area contributed by atoms with Crippen LogP contribution in [0.3, 0.4) is 0 Å². The van der Waals surface area contributed by atoms with E-state index >= 15 is 0 Å². The van der Waals surface area contributed by atoms with E-state index in [1.54, 1.807) is 18.2 Å². The second kappa shape index (κ2) is 4.86. The van der Waals surface area contributed by atoms with E-state index < -0.39 is 17.6 Å². The molecular formula is C16H11NO4. The molecule has 0 bridgehead atoms. The molecule has 1 aliphatic heterocycles. The number of ketones is 1. The summed E-state index contributed by atoms with van der Waals surface area (Å²) in [7, 11) is 0. The number of imide groups is 1. The maximum atomic E-state index is 12.0. The van der Waals surface area contributed by atoms with Crippen LogP contribution in [0, 0.1) is 6.92 Å². The van der Waals surface area contributed by atoms with Crippen molar-refractivity contribution in [2.24, 2.45) is 0 Å². The first-order valence-corrected chi connectivity index (χ1v) is 6.34. The molecule has 0 atom stereocenters. The van der Waals surface area contributed by atoms with Gasteiger partial charge in [0.1, 0.15) is 11.5 Å². The van der Waals surface area contributed by atoms with Gasteiger partial charge in [-0.25, -0.2) is 0 Å². The van der Waals surface area contributed by atoms with Crippen LogP contribution in [0.1, 0.15) is 26.3 Å². The zero-order valence-electron chi connectivity index (χ0n) is 11.2. The molecule has 5 nitrogen and oxygen atoms in total. The lowest BCUT2D eigenvalue weighted by atomic mass is 9.98. The van der Waals surface area contributed by atoms with Gasteiger partial charge in [0.25, 0.3) is 17.6 Å². The van der Waals surface area contributed by atoms with E-state index in [4.69, 9.17) is 4.74 Å². The number of ether oxygens (including phenoxy) is 1. The summed E-state index contributed by atoms with van der Waals surface area (Å²) in [6, 6.07) is 11.9. The van der Waals surface area contributed by atoms with Gasteiger partial charge in [0.05, 0.1) is 5.56 Å². The van der Waals surface area contributed by atoms with Crippen molar-refractivity contribution in [1.29, 1.82) is 0 Å². The lowest BCUT2D eigenvalue weighted by Gasteiger charge is -2.18. The molecular weight excluding hydrogens is 270 g/mol. The number of carbonyl (C=O) groups is 3. The molecule has 1 aliphatic rings. The highest BCUT2D eigenvalue weighted by molar-refractivity contribution is 6.49. The van der Waals surface area contributed by atoms with E-state index in [0.29, 0.717) is 5.75 Å². The summed E-state index contributed by atoms with van der Waals surface area (Å²) in [5, 5.41) is 2.02. The predicted octanol–water partition coefficient (Wildman–Crippen LogP) is 2.24. The molecule has 0 aromatic heterocycles. The summed E-state index contributed by atoms with van der Waals surface area (Å²) < 4.78 is 5.74. The van der Waals surface area contributed by atoms with Crippen molar-refractivity contribution in [2.45, 2.75) is 6.92 Å². The van der Waals surface area contributed by atoms with Gasteiger partial charge in [-0.05, 0) is 30.7 Å². The Morgan fingerprint density at radius 3 is 2.33 bits per heavy atom. The summed E-state index contributed by atoms with van der Waals surface area (Å²) in [5.74, 6) is -1.44. The third kappa shape index (κ3) is 2.18. The Hall–Kier alpha value is -2.95. The first-order valence-electron chi connectivity index (χ1n) is 6.34. The van der Waals surface area contributed by atoms with Crippen LogP contribution in [-0.2, 0) is 4.79 Å². The van der Waals surface area contributed by atoms with Crippen LogP contribution >= 0.6 is 0 Å². The largest absolute Gasteiger partial charge is 0.456 e. The van der Waals surface area contributed by atoms with E-state index in [1.165, 1.54) is 6.07 Å². The second-order valence-corrected chi connectivity index (χ2v) is 4.66. The second-order valence-electron chi connectivity index (χ2n) is 4.66. The Morgan fingerprint density at radius 2 is 1.57 bits per heavy atom. The molecule has 1 heterocycles. The van der Waals surface area contributed by atoms with E-state index in [1.807, 2.05) is 30.4 Å². The average Bonchev–Trinajstić information content (AvgIpc) is 2.47. The van der Waals surface area contributed by atoms with Gasteiger partial charge in [-0.15, -0.1) is 0 Å². The first kappa shape index (κ1) is 13.1. The van der Waals surface area contributed by atoms with E-state index in [0.717, 1.165) is 5.56 Å². The minimum Gasteiger partial charge on any atom is -0.456 e. The van der Waals surface area contributed by atoms with E-state index in [9.17, 15) is 14.4 Å². The maximum Gasteiger partial charge on any atom is 0.299 e. The van der Waals surface area contributed by atoms with Crippen molar-refractivity contribution < 1.29 is 19.1 Å². The molecule has 2 aromatic carbocycles. The summed E-state index contributed by atoms with van der Waals surface area (Å²) in [6.45, 7) is 1.87. The van der Waals surface area contributed by atoms with Crippen molar-refractivity contribution in [1.82, 2.24) is 5.32 Å². The minimum atomic E-state index is -0.916. The van der Waals surface area contributed by atoms with Crippen LogP contribution in [-0.4, -0.2) is 17.6 Å². The van der Waals surface area contributed by atoms with Crippen LogP contribution in [0.15, 0.2) is 42.5 Å². The molecule has 21 heavy (non-hydrogen) atoms. The number of carbonyl (C=O) groups excluding carboxylic acids is 3. The molecule has 0 radical (unpaired) electrons. The Balaban J connectivity index is 2.10. The summed E-state index contributed by atoms with van der Waals surface area (Å²) in [6.07, 6.45) is 0. The molecule has 1 N–H and O–H groups in total. The van der Waals surface area contributed by atoms with Gasteiger partial charge in [-0.1, -0.05) is 24.3 Å². The molecule has 0 fully saturated rings. The molecule has 0 aliphatic carbocycles. The Morgan fingerprint density at radius 1 is 0.857 bits per heavy atom. The molecule has 0 saturated carbocycles. The van der Waals surface area contributed by atoms with Gasteiger partial charge in [0.2, 0.25) is 0 Å². The number of benzene rings is 2. The van der Waals surface area contributed by atoms with Gasteiger partial charge in [-0.2, -0.15) is 0 Å². The third-order valence-corrected chi connectivity index (χ3v) is 3.24. The topological polar surface area (TPSA) is 72.5 Å². The van der Waals surface area contributed by atoms with Crippen molar-refractivity contribution in [3.8, 4) is 11.5 Å². The van der Waals surface area contributed by atoms with Gasteiger partial charge < -0.3 is 4.74 Å². The van der Waals surface area contributed by atoms with Gasteiger partial charge in [0, 0.05) is 5.56 Å². The number of fused-ring (bicyclic) bond motifs is 1. The van der Waals surface area contributed by atoms with Gasteiger partial charge in [-0.3, -0.25) is 19.7 Å². The van der Waals surface area contributed by atoms with Crippen molar-refractivity contribution in [3.05, 3.63) is 59.2 Å². The Bertz CT molecular complexity index is 780. The number of hydrogen-bond acceptors (Lipinski definition) is 4. The standard InChI is InChI=1S/C16H11NO4/c1-9-5-2-3-7-11(9)21-12-8-4-6-10-13(12)15(19)17-16(20)14(10)18/h2-8H,1H3,(H,17,19,20). The fraction of sp³-hybridized carbons (Fsp3) is 0.0625. The summed E-state index contributed by atoms with van der Waals surface area (Å²) >= 11 is 0. The molecule has 0 unspecified atom stereocenters. The highest BCUT2D eigenvalue weighted by atomic mass is 16.5. The fourth-order valence-electron chi connectivity index (χ4n) is 2.17. The molecule has 0 spiro atoms. The molecule has 2 amide bonds. The smallest absolute Gasteiger partial charge is 0.299 e. The average molecular weight is 281 g/mol. The number of nitrogens with one attached hydrogen (secondary N) is 1. The fourth-order valence-corrected chi connectivity index (χ4v) is 2.17. The number of amides is 2. The summed E-state index contributed by atoms with van der Waals surface area (Å²) in [5.41, 5.74) is 1.05. The number of hydrogen-bond donors (Lipinski definition) is 1. The number of Topliss-reactive ketones (excluding diaryl/α,β-unsaturated/α-hetero) is 1. The summed E-state index contributed by atoms with van der Waals surface area (Å²) in [4.78, 5) is 35.2. The van der Waals surface area contributed by atoms with Crippen molar-refractivity contribution in [2.75, 3.05) is 0 Å². The Kier molecular flexibility index (Phi) is 3.02. The molecule has 3 rings (SSSR count). The lowest BCUT2D eigenvalue weighted by Crippen LogP contribution is -2.42. The van der Waals surface area contributed by atoms with E-state index in [2.05, 4.69) is 0 Å². The number of rotatable bonds is 2. The zero-order valence-corrected chi connectivity index (χ0v) is 11.2. The van der Waals surface area contributed by atoms with Gasteiger partial charge >= 0.3 is 0 Å². The molecule has 104 valence electrons. The lowest BCUT2D eigenvalue weighted by molar-refractivity contribution is -0.116.